The first-order chi connectivity index (χ1) is 12.0. The van der Waals surface area contributed by atoms with E-state index in [0.29, 0.717) is 23.7 Å². The smallest absolute Gasteiger partial charge is 0.326 e. The lowest BCUT2D eigenvalue weighted by Crippen LogP contribution is -2.29. The van der Waals surface area contributed by atoms with Gasteiger partial charge in [-0.05, 0) is 25.5 Å². The van der Waals surface area contributed by atoms with Crippen molar-refractivity contribution in [1.82, 2.24) is 19.1 Å². The van der Waals surface area contributed by atoms with Crippen LogP contribution in [0, 0.1) is 6.92 Å². The summed E-state index contributed by atoms with van der Waals surface area (Å²) >= 11 is 0. The Labute approximate surface area is 145 Å². The van der Waals surface area contributed by atoms with E-state index in [0.717, 1.165) is 24.9 Å². The predicted molar refractivity (Wildman–Crippen MR) is 99.6 cm³/mol. The molecule has 0 saturated heterocycles. The van der Waals surface area contributed by atoms with Gasteiger partial charge < -0.3 is 9.88 Å². The molecule has 7 heteroatoms. The zero-order valence-electron chi connectivity index (χ0n) is 14.8. The SMILES string of the molecule is CCCCCn1c(Nc2ccc(C)cc2)nc2c1c(=O)[nH]c(=O)n2C. The molecule has 2 heterocycles. The van der Waals surface area contributed by atoms with Gasteiger partial charge in [0.25, 0.3) is 5.56 Å². The maximum atomic E-state index is 12.4. The molecule has 0 spiro atoms. The summed E-state index contributed by atoms with van der Waals surface area (Å²) in [5.41, 5.74) is 2.00. The minimum atomic E-state index is -0.461. The molecule has 2 aromatic heterocycles. The molecule has 0 saturated carbocycles. The van der Waals surface area contributed by atoms with E-state index in [1.807, 2.05) is 35.8 Å². The van der Waals surface area contributed by atoms with Gasteiger partial charge >= 0.3 is 5.69 Å². The number of aromatic amines is 1. The molecule has 0 aliphatic carbocycles. The van der Waals surface area contributed by atoms with Crippen LogP contribution in [-0.4, -0.2) is 19.1 Å². The van der Waals surface area contributed by atoms with Crippen LogP contribution in [0.4, 0.5) is 11.6 Å². The molecule has 3 aromatic rings. The number of rotatable bonds is 6. The number of anilines is 2. The van der Waals surface area contributed by atoms with Gasteiger partial charge in [0.2, 0.25) is 5.95 Å². The van der Waals surface area contributed by atoms with E-state index in [2.05, 4.69) is 22.2 Å². The van der Waals surface area contributed by atoms with Crippen LogP contribution in [0.25, 0.3) is 11.2 Å². The van der Waals surface area contributed by atoms with Crippen molar-refractivity contribution in [1.29, 1.82) is 0 Å². The van der Waals surface area contributed by atoms with E-state index < -0.39 is 11.2 Å². The molecule has 0 unspecified atom stereocenters. The van der Waals surface area contributed by atoms with Gasteiger partial charge in [0.15, 0.2) is 11.2 Å². The maximum Gasteiger partial charge on any atom is 0.329 e. The fourth-order valence-corrected chi connectivity index (χ4v) is 2.83. The number of aromatic nitrogens is 4. The number of fused-ring (bicyclic) bond motifs is 1. The number of hydrogen-bond donors (Lipinski definition) is 2. The molecule has 1 aromatic carbocycles. The van der Waals surface area contributed by atoms with Gasteiger partial charge in [-0.2, -0.15) is 4.98 Å². The summed E-state index contributed by atoms with van der Waals surface area (Å²) in [6, 6.07) is 7.95. The van der Waals surface area contributed by atoms with Gasteiger partial charge in [-0.15, -0.1) is 0 Å². The summed E-state index contributed by atoms with van der Waals surface area (Å²) in [6.07, 6.45) is 3.09. The van der Waals surface area contributed by atoms with Gasteiger partial charge in [0, 0.05) is 19.3 Å². The first-order valence-corrected chi connectivity index (χ1v) is 8.54. The molecule has 3 rings (SSSR count). The lowest BCUT2D eigenvalue weighted by atomic mass is 10.2. The summed E-state index contributed by atoms with van der Waals surface area (Å²) in [5.74, 6) is 0.571. The molecule has 25 heavy (non-hydrogen) atoms. The molecule has 132 valence electrons. The number of hydrogen-bond acceptors (Lipinski definition) is 4. The third kappa shape index (κ3) is 3.35. The van der Waals surface area contributed by atoms with Gasteiger partial charge in [-0.25, -0.2) is 4.79 Å². The van der Waals surface area contributed by atoms with Gasteiger partial charge in [0.1, 0.15) is 0 Å². The van der Waals surface area contributed by atoms with E-state index in [9.17, 15) is 9.59 Å². The van der Waals surface area contributed by atoms with Crippen LogP contribution in [0.3, 0.4) is 0 Å². The van der Waals surface area contributed by atoms with E-state index >= 15 is 0 Å². The average molecular weight is 341 g/mol. The second kappa shape index (κ2) is 6.96. The predicted octanol–water partition coefficient (Wildman–Crippen LogP) is 2.67. The van der Waals surface area contributed by atoms with Crippen LogP contribution in [0.15, 0.2) is 33.9 Å². The number of unbranched alkanes of at least 4 members (excludes halogenated alkanes) is 2. The molecule has 0 radical (unpaired) electrons. The standard InChI is InChI=1S/C18H23N5O2/c1-4-5-6-11-23-14-15(22(3)18(25)21-16(14)24)20-17(23)19-13-9-7-12(2)8-10-13/h7-10H,4-6,11H2,1-3H3,(H,19,20)(H,21,24,25). The molecule has 7 nitrogen and oxygen atoms in total. The van der Waals surface area contributed by atoms with Crippen LogP contribution < -0.4 is 16.6 Å². The van der Waals surface area contributed by atoms with Crippen molar-refractivity contribution in [3.05, 3.63) is 50.7 Å². The quantitative estimate of drug-likeness (QED) is 0.675. The third-order valence-corrected chi connectivity index (χ3v) is 4.30. The fourth-order valence-electron chi connectivity index (χ4n) is 2.83. The Morgan fingerprint density at radius 2 is 1.88 bits per heavy atom. The Kier molecular flexibility index (Phi) is 4.74. The first kappa shape index (κ1) is 17.0. The average Bonchev–Trinajstić information content (AvgIpc) is 2.94. The zero-order valence-corrected chi connectivity index (χ0v) is 14.8. The molecule has 0 amide bonds. The second-order valence-corrected chi connectivity index (χ2v) is 6.28. The first-order valence-electron chi connectivity index (χ1n) is 8.54. The van der Waals surface area contributed by atoms with E-state index in [1.54, 1.807) is 7.05 Å². The number of imidazole rings is 1. The largest absolute Gasteiger partial charge is 0.329 e. The lowest BCUT2D eigenvalue weighted by molar-refractivity contribution is 0.616. The molecular weight excluding hydrogens is 318 g/mol. The minimum Gasteiger partial charge on any atom is -0.326 e. The summed E-state index contributed by atoms with van der Waals surface area (Å²) in [5, 5.41) is 3.27. The number of nitrogens with one attached hydrogen (secondary N) is 2. The number of nitrogens with zero attached hydrogens (tertiary/aromatic N) is 3. The van der Waals surface area contributed by atoms with Crippen molar-refractivity contribution in [3.63, 3.8) is 0 Å². The number of benzene rings is 1. The lowest BCUT2D eigenvalue weighted by Gasteiger charge is -2.10. The van der Waals surface area contributed by atoms with Crippen molar-refractivity contribution in [2.75, 3.05) is 5.32 Å². The normalized spacial score (nSPS) is 11.2. The van der Waals surface area contributed by atoms with Crippen molar-refractivity contribution < 1.29 is 0 Å². The van der Waals surface area contributed by atoms with Crippen molar-refractivity contribution in [3.8, 4) is 0 Å². The second-order valence-electron chi connectivity index (χ2n) is 6.28. The highest BCUT2D eigenvalue weighted by Gasteiger charge is 2.17. The Bertz CT molecular complexity index is 995. The van der Waals surface area contributed by atoms with Crippen molar-refractivity contribution >= 4 is 22.8 Å². The molecule has 0 aliphatic rings. The van der Waals surface area contributed by atoms with E-state index in [1.165, 1.54) is 10.1 Å². The number of H-pyrrole nitrogens is 1. The monoisotopic (exact) mass is 341 g/mol. The van der Waals surface area contributed by atoms with Crippen molar-refractivity contribution in [2.24, 2.45) is 7.05 Å². The summed E-state index contributed by atoms with van der Waals surface area (Å²) in [7, 11) is 1.61. The van der Waals surface area contributed by atoms with Gasteiger partial charge in [0.05, 0.1) is 0 Å². The molecule has 0 bridgehead atoms. The Balaban J connectivity index is 2.12. The molecule has 0 fully saturated rings. The van der Waals surface area contributed by atoms with Crippen LogP contribution in [0.2, 0.25) is 0 Å². The zero-order chi connectivity index (χ0) is 18.0. The minimum absolute atomic E-state index is 0.389. The van der Waals surface area contributed by atoms with Crippen molar-refractivity contribution in [2.45, 2.75) is 39.7 Å². The summed E-state index contributed by atoms with van der Waals surface area (Å²) in [4.78, 5) is 31.1. The Morgan fingerprint density at radius 1 is 1.16 bits per heavy atom. The highest BCUT2D eigenvalue weighted by atomic mass is 16.2. The Hall–Kier alpha value is -2.83. The number of aryl methyl sites for hydroxylation is 3. The van der Waals surface area contributed by atoms with E-state index in [-0.39, 0.29) is 0 Å². The highest BCUT2D eigenvalue weighted by molar-refractivity contribution is 5.75. The molecule has 0 atom stereocenters. The Morgan fingerprint density at radius 3 is 2.56 bits per heavy atom. The topological polar surface area (TPSA) is 84.7 Å². The molecule has 0 aliphatic heterocycles. The maximum absolute atomic E-state index is 12.4. The summed E-state index contributed by atoms with van der Waals surface area (Å²) in [6.45, 7) is 4.83. The van der Waals surface area contributed by atoms with Crippen LogP contribution in [-0.2, 0) is 13.6 Å². The third-order valence-electron chi connectivity index (χ3n) is 4.30. The van der Waals surface area contributed by atoms with Gasteiger partial charge in [-0.3, -0.25) is 14.3 Å². The van der Waals surface area contributed by atoms with Gasteiger partial charge in [-0.1, -0.05) is 37.5 Å². The van der Waals surface area contributed by atoms with Crippen LogP contribution in [0.5, 0.6) is 0 Å². The molecule has 2 N–H and O–H groups in total. The van der Waals surface area contributed by atoms with Crippen LogP contribution in [0.1, 0.15) is 31.7 Å². The fraction of sp³-hybridized carbons (Fsp3) is 0.389. The van der Waals surface area contributed by atoms with Crippen LogP contribution >= 0.6 is 0 Å². The highest BCUT2D eigenvalue weighted by Crippen LogP contribution is 2.21. The van der Waals surface area contributed by atoms with E-state index in [4.69, 9.17) is 0 Å². The molecular formula is C18H23N5O2. The summed E-state index contributed by atoms with van der Waals surface area (Å²) < 4.78 is 3.23.